The topological polar surface area (TPSA) is 57.6 Å². The number of carbonyl (C=O) groups excluding carboxylic acids is 1. The van der Waals surface area contributed by atoms with E-state index in [1.807, 2.05) is 49.6 Å². The number of thiophene rings is 1. The Morgan fingerprint density at radius 3 is 2.43 bits per heavy atom. The summed E-state index contributed by atoms with van der Waals surface area (Å²) in [6.07, 6.45) is 0. The summed E-state index contributed by atoms with van der Waals surface area (Å²) in [5.41, 5.74) is 2.67. The second-order valence-corrected chi connectivity index (χ2v) is 7.09. The van der Waals surface area contributed by atoms with Gasteiger partial charge in [-0.15, -0.1) is 11.3 Å². The Morgan fingerprint density at radius 2 is 1.87 bits per heavy atom. The number of amides is 1. The number of benzene rings is 1. The minimum atomic E-state index is -0.840. The van der Waals surface area contributed by atoms with E-state index in [-0.39, 0.29) is 18.4 Å². The van der Waals surface area contributed by atoms with Crippen molar-refractivity contribution in [3.63, 3.8) is 0 Å². The van der Waals surface area contributed by atoms with E-state index in [2.05, 4.69) is 0 Å². The summed E-state index contributed by atoms with van der Waals surface area (Å²) in [4.78, 5) is 27.2. The summed E-state index contributed by atoms with van der Waals surface area (Å²) in [5, 5.41) is 11.4. The van der Waals surface area contributed by atoms with Crippen LogP contribution in [0.4, 0.5) is 0 Å². The van der Waals surface area contributed by atoms with Crippen LogP contribution in [0.25, 0.3) is 0 Å². The average Bonchev–Trinajstić information content (AvgIpc) is 3.13. The van der Waals surface area contributed by atoms with Gasteiger partial charge in [0.15, 0.2) is 0 Å². The first-order valence-electron chi connectivity index (χ1n) is 7.60. The summed E-state index contributed by atoms with van der Waals surface area (Å²) in [5.74, 6) is -1.61. The predicted octanol–water partition coefficient (Wildman–Crippen LogP) is 3.31. The number of nitrogens with zero attached hydrogens (tertiary/aromatic N) is 1. The fraction of sp³-hybridized carbons (Fsp3) is 0.333. The van der Waals surface area contributed by atoms with Gasteiger partial charge in [-0.1, -0.05) is 30.3 Å². The molecule has 23 heavy (non-hydrogen) atoms. The molecule has 2 heterocycles. The third kappa shape index (κ3) is 2.88. The van der Waals surface area contributed by atoms with Crippen LogP contribution >= 0.6 is 11.3 Å². The lowest BCUT2D eigenvalue weighted by Crippen LogP contribution is -2.30. The van der Waals surface area contributed by atoms with Crippen LogP contribution in [0.15, 0.2) is 35.7 Å². The van der Waals surface area contributed by atoms with Crippen molar-refractivity contribution >= 4 is 23.2 Å². The molecule has 0 bridgehead atoms. The molecule has 1 amide bonds. The Balaban J connectivity index is 1.87. The number of rotatable bonds is 3. The molecule has 0 saturated carbocycles. The second-order valence-electron chi connectivity index (χ2n) is 6.00. The zero-order valence-corrected chi connectivity index (χ0v) is 14.0. The summed E-state index contributed by atoms with van der Waals surface area (Å²) in [6, 6.07) is 9.61. The summed E-state index contributed by atoms with van der Waals surface area (Å²) in [6.45, 7) is 4.66. The van der Waals surface area contributed by atoms with E-state index in [9.17, 15) is 14.7 Å². The van der Waals surface area contributed by atoms with Gasteiger partial charge in [-0.3, -0.25) is 9.59 Å². The quantitative estimate of drug-likeness (QED) is 0.940. The van der Waals surface area contributed by atoms with Crippen molar-refractivity contribution in [2.45, 2.75) is 19.8 Å². The van der Waals surface area contributed by atoms with Gasteiger partial charge >= 0.3 is 5.97 Å². The zero-order valence-electron chi connectivity index (χ0n) is 13.2. The summed E-state index contributed by atoms with van der Waals surface area (Å²) < 4.78 is 0. The lowest BCUT2D eigenvalue weighted by atomic mass is 9.89. The van der Waals surface area contributed by atoms with E-state index >= 15 is 0 Å². The second kappa shape index (κ2) is 6.16. The van der Waals surface area contributed by atoms with E-state index in [1.165, 1.54) is 0 Å². The Labute approximate surface area is 139 Å². The number of carbonyl (C=O) groups is 2. The Bertz CT molecular complexity index is 738. The van der Waals surface area contributed by atoms with Crippen LogP contribution in [-0.4, -0.2) is 35.0 Å². The third-order valence-corrected chi connectivity index (χ3v) is 5.68. The molecule has 1 saturated heterocycles. The first kappa shape index (κ1) is 15.7. The highest BCUT2D eigenvalue weighted by Gasteiger charge is 2.40. The molecule has 0 spiro atoms. The molecule has 1 aromatic carbocycles. The molecule has 5 heteroatoms. The first-order valence-corrected chi connectivity index (χ1v) is 8.48. The zero-order chi connectivity index (χ0) is 16.6. The Hall–Kier alpha value is -2.14. The van der Waals surface area contributed by atoms with Crippen LogP contribution in [0.2, 0.25) is 0 Å². The number of hydrogen-bond acceptors (Lipinski definition) is 3. The number of aryl methyl sites for hydroxylation is 1. The van der Waals surface area contributed by atoms with E-state index in [0.29, 0.717) is 12.1 Å². The van der Waals surface area contributed by atoms with Crippen molar-refractivity contribution in [1.29, 1.82) is 0 Å². The maximum absolute atomic E-state index is 12.8. The Kier molecular flexibility index (Phi) is 4.22. The van der Waals surface area contributed by atoms with Crippen LogP contribution in [0.5, 0.6) is 0 Å². The lowest BCUT2D eigenvalue weighted by molar-refractivity contribution is -0.141. The number of likely N-dealkylation sites (tertiary alicyclic amines) is 1. The molecule has 0 aliphatic carbocycles. The average molecular weight is 329 g/mol. The monoisotopic (exact) mass is 329 g/mol. The van der Waals surface area contributed by atoms with Crippen molar-refractivity contribution in [2.75, 3.05) is 13.1 Å². The maximum Gasteiger partial charge on any atom is 0.308 e. The summed E-state index contributed by atoms with van der Waals surface area (Å²) >= 11 is 1.56. The van der Waals surface area contributed by atoms with E-state index < -0.39 is 11.9 Å². The van der Waals surface area contributed by atoms with Gasteiger partial charge in [0.05, 0.1) is 11.5 Å². The molecule has 1 aliphatic heterocycles. The minimum absolute atomic E-state index is 0.0588. The van der Waals surface area contributed by atoms with Crippen LogP contribution in [-0.2, 0) is 4.79 Å². The third-order valence-electron chi connectivity index (χ3n) is 4.67. The van der Waals surface area contributed by atoms with Crippen molar-refractivity contribution in [1.82, 2.24) is 4.90 Å². The van der Waals surface area contributed by atoms with Crippen LogP contribution in [0.1, 0.15) is 32.3 Å². The highest BCUT2D eigenvalue weighted by atomic mass is 32.1. The van der Waals surface area contributed by atoms with Crippen molar-refractivity contribution in [3.05, 3.63) is 57.3 Å². The fourth-order valence-electron chi connectivity index (χ4n) is 3.15. The van der Waals surface area contributed by atoms with Gasteiger partial charge in [-0.25, -0.2) is 0 Å². The van der Waals surface area contributed by atoms with Gasteiger partial charge < -0.3 is 10.0 Å². The highest BCUT2D eigenvalue weighted by Crippen LogP contribution is 2.34. The molecule has 1 N–H and O–H groups in total. The fourth-order valence-corrected chi connectivity index (χ4v) is 4.01. The first-order chi connectivity index (χ1) is 11.0. The molecular formula is C18H19NO3S. The lowest BCUT2D eigenvalue weighted by Gasteiger charge is -2.16. The molecule has 3 rings (SSSR count). The van der Waals surface area contributed by atoms with Crippen molar-refractivity contribution < 1.29 is 14.7 Å². The highest BCUT2D eigenvalue weighted by molar-refractivity contribution is 7.10. The normalized spacial score (nSPS) is 20.7. The predicted molar refractivity (Wildman–Crippen MR) is 90.0 cm³/mol. The molecule has 2 atom stereocenters. The Morgan fingerprint density at radius 1 is 1.17 bits per heavy atom. The van der Waals surface area contributed by atoms with Gasteiger partial charge in [-0.05, 0) is 25.0 Å². The van der Waals surface area contributed by atoms with Gasteiger partial charge in [0.25, 0.3) is 5.91 Å². The largest absolute Gasteiger partial charge is 0.481 e. The summed E-state index contributed by atoms with van der Waals surface area (Å²) in [7, 11) is 0. The van der Waals surface area contributed by atoms with Crippen LogP contribution in [0.3, 0.4) is 0 Å². The molecule has 0 radical (unpaired) electrons. The van der Waals surface area contributed by atoms with Crippen molar-refractivity contribution in [3.8, 4) is 0 Å². The van der Waals surface area contributed by atoms with Gasteiger partial charge in [-0.2, -0.15) is 0 Å². The maximum atomic E-state index is 12.8. The minimum Gasteiger partial charge on any atom is -0.481 e. The van der Waals surface area contributed by atoms with E-state index in [4.69, 9.17) is 0 Å². The van der Waals surface area contributed by atoms with E-state index in [0.717, 1.165) is 16.0 Å². The van der Waals surface area contributed by atoms with Gasteiger partial charge in [0.1, 0.15) is 0 Å². The molecule has 1 aliphatic rings. The number of carboxylic acid groups (broad SMARTS) is 1. The standard InChI is InChI=1S/C18H19NO3S/c1-11-12(2)23-10-16(11)17(20)19-8-14(15(9-19)18(21)22)13-6-4-3-5-7-13/h3-7,10,14-15H,8-9H2,1-2H3,(H,21,22). The smallest absolute Gasteiger partial charge is 0.308 e. The van der Waals surface area contributed by atoms with Crippen molar-refractivity contribution in [2.24, 2.45) is 5.92 Å². The SMILES string of the molecule is Cc1scc(C(=O)N2CC(C(=O)O)C(c3ccccc3)C2)c1C. The molecule has 1 aromatic heterocycles. The molecule has 1 fully saturated rings. The van der Waals surface area contributed by atoms with E-state index in [1.54, 1.807) is 16.2 Å². The van der Waals surface area contributed by atoms with Crippen LogP contribution < -0.4 is 0 Å². The number of hydrogen-bond donors (Lipinski definition) is 1. The molecule has 2 aromatic rings. The molecular weight excluding hydrogens is 310 g/mol. The molecule has 120 valence electrons. The molecule has 4 nitrogen and oxygen atoms in total. The number of carboxylic acids is 1. The van der Waals surface area contributed by atoms with Gasteiger partial charge in [0.2, 0.25) is 0 Å². The van der Waals surface area contributed by atoms with Gasteiger partial charge in [0, 0.05) is 29.3 Å². The number of aliphatic carboxylic acids is 1. The van der Waals surface area contributed by atoms with Crippen LogP contribution in [0, 0.1) is 19.8 Å². The molecule has 2 unspecified atom stereocenters.